The molecule has 0 fully saturated rings. The molecule has 2 rings (SSSR count). The van der Waals surface area contributed by atoms with Crippen LogP contribution < -0.4 is 4.46 Å². The van der Waals surface area contributed by atoms with E-state index in [1.807, 2.05) is 16.0 Å². The maximum atomic E-state index is 11.5. The number of rotatable bonds is 0. The van der Waals surface area contributed by atoms with Gasteiger partial charge >= 0.3 is 90.4 Å². The molecule has 0 bridgehead atoms. The minimum atomic E-state index is -0.123. The van der Waals surface area contributed by atoms with Gasteiger partial charge in [0.05, 0.1) is 0 Å². The third-order valence-corrected chi connectivity index (χ3v) is 5.57. The van der Waals surface area contributed by atoms with Crippen LogP contribution in [0.3, 0.4) is 0 Å². The fourth-order valence-electron chi connectivity index (χ4n) is 1.83. The van der Waals surface area contributed by atoms with Crippen LogP contribution in [0.5, 0.6) is 0 Å². The summed E-state index contributed by atoms with van der Waals surface area (Å²) in [7, 11) is 0. The van der Waals surface area contributed by atoms with Crippen LogP contribution in [-0.2, 0) is 10.3 Å². The van der Waals surface area contributed by atoms with Gasteiger partial charge in [0.25, 0.3) is 0 Å². The summed E-state index contributed by atoms with van der Waals surface area (Å²) in [6, 6.07) is 8.33. The number of benzene rings is 1. The Morgan fingerprint density at radius 2 is 2.00 bits per heavy atom. The molecule has 0 aliphatic carbocycles. The van der Waals surface area contributed by atoms with Gasteiger partial charge in [-0.1, -0.05) is 0 Å². The predicted molar refractivity (Wildman–Crippen MR) is 57.4 cm³/mol. The van der Waals surface area contributed by atoms with Crippen molar-refractivity contribution in [3.63, 3.8) is 0 Å². The van der Waals surface area contributed by atoms with Crippen LogP contribution in [-0.4, -0.2) is 25.0 Å². The van der Waals surface area contributed by atoms with Gasteiger partial charge in [-0.3, -0.25) is 0 Å². The van der Waals surface area contributed by atoms with Crippen LogP contribution in [0, 0.1) is 0 Å². The molecule has 0 unspecified atom stereocenters. The van der Waals surface area contributed by atoms with Crippen molar-refractivity contribution in [3.8, 4) is 0 Å². The van der Waals surface area contributed by atoms with E-state index in [-0.39, 0.29) is 26.6 Å². The molecule has 0 aromatic heterocycles. The Bertz CT molecular complexity index is 387. The normalized spacial score (nSPS) is 18.1. The van der Waals surface area contributed by atoms with E-state index >= 15 is 0 Å². The number of nitrogens with zero attached hydrogens (tertiary/aromatic N) is 1. The number of amides is 1. The molecule has 3 heteroatoms. The van der Waals surface area contributed by atoms with Crippen molar-refractivity contribution < 1.29 is 4.79 Å². The number of fused-ring (bicyclic) bond motifs is 1. The Morgan fingerprint density at radius 1 is 1.36 bits per heavy atom. The molecule has 0 N–H and O–H groups in total. The Balaban J connectivity index is 2.50. The summed E-state index contributed by atoms with van der Waals surface area (Å²) in [5.74, 6) is 0.172. The van der Waals surface area contributed by atoms with Crippen molar-refractivity contribution in [3.05, 3.63) is 29.8 Å². The van der Waals surface area contributed by atoms with Crippen LogP contribution in [0.25, 0.3) is 0 Å². The first-order valence-corrected chi connectivity index (χ1v) is 6.24. The molecule has 1 amide bonds. The molecule has 0 atom stereocenters. The van der Waals surface area contributed by atoms with Gasteiger partial charge in [-0.25, -0.2) is 0 Å². The van der Waals surface area contributed by atoms with E-state index in [1.165, 1.54) is 10.0 Å². The minimum absolute atomic E-state index is 0.123. The van der Waals surface area contributed by atoms with E-state index in [0.29, 0.717) is 0 Å². The van der Waals surface area contributed by atoms with Gasteiger partial charge in [-0.15, -0.1) is 0 Å². The zero-order valence-electron chi connectivity index (χ0n) is 8.57. The quantitative estimate of drug-likeness (QED) is 0.633. The second-order valence-electron chi connectivity index (χ2n) is 3.96. The molecule has 0 spiro atoms. The summed E-state index contributed by atoms with van der Waals surface area (Å²) in [4.78, 5) is 11.5. The molecule has 0 radical (unpaired) electrons. The first-order chi connectivity index (χ1) is 6.53. The molecule has 0 saturated heterocycles. The number of hydrogen-bond acceptors (Lipinski definition) is 1. The SMILES string of the molecule is CC(=O)N1[Se]c2ccccc2C1(C)C. The maximum absolute atomic E-state index is 11.5. The predicted octanol–water partition coefficient (Wildman–Crippen LogP) is 1.03. The average Bonchev–Trinajstić information content (AvgIpc) is 2.39. The molecule has 1 aromatic carbocycles. The van der Waals surface area contributed by atoms with Gasteiger partial charge in [0.15, 0.2) is 0 Å². The Morgan fingerprint density at radius 3 is 2.57 bits per heavy atom. The van der Waals surface area contributed by atoms with Crippen LogP contribution in [0.15, 0.2) is 24.3 Å². The van der Waals surface area contributed by atoms with Crippen molar-refractivity contribution in [2.75, 3.05) is 0 Å². The van der Waals surface area contributed by atoms with E-state index < -0.39 is 0 Å². The van der Waals surface area contributed by atoms with E-state index in [1.54, 1.807) is 6.92 Å². The molecular weight excluding hydrogens is 241 g/mol. The van der Waals surface area contributed by atoms with E-state index in [4.69, 9.17) is 0 Å². The van der Waals surface area contributed by atoms with Gasteiger partial charge in [0, 0.05) is 0 Å². The third-order valence-electron chi connectivity index (χ3n) is 2.53. The molecule has 1 aromatic rings. The molecule has 14 heavy (non-hydrogen) atoms. The monoisotopic (exact) mass is 255 g/mol. The number of hydrogen-bond donors (Lipinski definition) is 0. The first kappa shape index (κ1) is 9.75. The van der Waals surface area contributed by atoms with Gasteiger partial charge < -0.3 is 0 Å². The summed E-state index contributed by atoms with van der Waals surface area (Å²) in [5, 5.41) is 0. The van der Waals surface area contributed by atoms with Crippen molar-refractivity contribution in [1.29, 1.82) is 0 Å². The molecule has 2 nitrogen and oxygen atoms in total. The van der Waals surface area contributed by atoms with Crippen LogP contribution in [0.2, 0.25) is 0 Å². The summed E-state index contributed by atoms with van der Waals surface area (Å²) < 4.78 is 3.31. The van der Waals surface area contributed by atoms with E-state index in [2.05, 4.69) is 26.0 Å². The Hall–Kier alpha value is -0.791. The fourth-order valence-corrected chi connectivity index (χ4v) is 4.36. The fraction of sp³-hybridized carbons (Fsp3) is 0.364. The summed E-state index contributed by atoms with van der Waals surface area (Å²) in [6.07, 6.45) is 0. The zero-order valence-corrected chi connectivity index (χ0v) is 10.3. The van der Waals surface area contributed by atoms with Crippen molar-refractivity contribution in [2.45, 2.75) is 26.3 Å². The molecular formula is C11H13NOSe. The Labute approximate surface area is 90.7 Å². The standard InChI is InChI=1S/C11H13NOSe/c1-8(13)12-11(2,3)9-6-4-5-7-10(9)14-12/h4-7H,1-3H3. The average molecular weight is 254 g/mol. The number of carbonyl (C=O) groups excluding carboxylic acids is 1. The molecule has 74 valence electrons. The van der Waals surface area contributed by atoms with E-state index in [9.17, 15) is 4.79 Å². The molecule has 1 heterocycles. The van der Waals surface area contributed by atoms with Crippen LogP contribution in [0.4, 0.5) is 0 Å². The summed E-state index contributed by atoms with van der Waals surface area (Å²) >= 11 is 0.159. The molecule has 0 saturated carbocycles. The van der Waals surface area contributed by atoms with Gasteiger partial charge in [0.1, 0.15) is 0 Å². The van der Waals surface area contributed by atoms with Crippen molar-refractivity contribution in [1.82, 2.24) is 3.92 Å². The molecule has 1 aliphatic heterocycles. The number of carbonyl (C=O) groups is 1. The van der Waals surface area contributed by atoms with Crippen LogP contribution >= 0.6 is 0 Å². The summed E-state index contributed by atoms with van der Waals surface area (Å²) in [5.41, 5.74) is 1.18. The van der Waals surface area contributed by atoms with Crippen LogP contribution in [0.1, 0.15) is 26.3 Å². The van der Waals surface area contributed by atoms with E-state index in [0.717, 1.165) is 0 Å². The first-order valence-electron chi connectivity index (χ1n) is 4.62. The van der Waals surface area contributed by atoms with Gasteiger partial charge in [-0.05, 0) is 0 Å². The Kier molecular flexibility index (Phi) is 2.17. The second-order valence-corrected chi connectivity index (χ2v) is 6.03. The topological polar surface area (TPSA) is 20.3 Å². The van der Waals surface area contributed by atoms with Gasteiger partial charge in [-0.2, -0.15) is 0 Å². The summed E-state index contributed by atoms with van der Waals surface area (Å²) in [6.45, 7) is 5.87. The molecule has 1 aliphatic rings. The van der Waals surface area contributed by atoms with Crippen molar-refractivity contribution in [2.24, 2.45) is 0 Å². The van der Waals surface area contributed by atoms with Gasteiger partial charge in [0.2, 0.25) is 0 Å². The van der Waals surface area contributed by atoms with Crippen molar-refractivity contribution >= 4 is 25.5 Å². The zero-order chi connectivity index (χ0) is 10.3. The second kappa shape index (κ2) is 3.11. The third kappa shape index (κ3) is 1.28.